The van der Waals surface area contributed by atoms with Crippen LogP contribution in [-0.4, -0.2) is 93.5 Å². The van der Waals surface area contributed by atoms with Gasteiger partial charge in [0.15, 0.2) is 17.2 Å². The molecular formula is C62H103N10O17S5+5. The first-order chi connectivity index (χ1) is 40.9. The summed E-state index contributed by atoms with van der Waals surface area (Å²) in [5.74, 6) is 0.274. The fourth-order valence-corrected chi connectivity index (χ4v) is 12.1. The van der Waals surface area contributed by atoms with Crippen LogP contribution in [0, 0.1) is 5.92 Å². The lowest BCUT2D eigenvalue weighted by Crippen LogP contribution is -2.34. The maximum atomic E-state index is 11.7. The molecule has 0 saturated heterocycles. The zero-order valence-electron chi connectivity index (χ0n) is 52.3. The van der Waals surface area contributed by atoms with Gasteiger partial charge in [-0.25, -0.2) is 45.3 Å². The molecule has 0 radical (unpaired) electrons. The summed E-state index contributed by atoms with van der Waals surface area (Å²) in [5, 5.41) is 0. The number of hydrogen-bond donors (Lipinski definition) is 5. The fourth-order valence-electron chi connectivity index (χ4n) is 8.48. The monoisotopic (exact) mass is 1420 g/mol. The van der Waals surface area contributed by atoms with Gasteiger partial charge in [-0.15, -0.1) is 0 Å². The second-order valence-electron chi connectivity index (χ2n) is 22.6. The molecule has 5 aromatic heterocycles. The van der Waals surface area contributed by atoms with Crippen molar-refractivity contribution in [3.8, 4) is 11.4 Å². The van der Waals surface area contributed by atoms with E-state index in [4.69, 9.17) is 4.55 Å². The highest BCUT2D eigenvalue weighted by molar-refractivity contribution is 7.87. The number of carbonyl (C=O) groups is 1. The van der Waals surface area contributed by atoms with E-state index in [1.165, 1.54) is 35.3 Å². The van der Waals surface area contributed by atoms with Crippen molar-refractivity contribution in [3.63, 3.8) is 0 Å². The van der Waals surface area contributed by atoms with Gasteiger partial charge in [0.2, 0.25) is 37.9 Å². The first-order valence-corrected chi connectivity index (χ1v) is 34.7. The van der Waals surface area contributed by atoms with E-state index < -0.39 is 66.9 Å². The Morgan fingerprint density at radius 3 is 1.23 bits per heavy atom. The molecule has 5 N–H and O–H groups in total. The van der Waals surface area contributed by atoms with E-state index in [0.717, 1.165) is 11.1 Å². The highest BCUT2D eigenvalue weighted by Crippen LogP contribution is 2.32. The van der Waals surface area contributed by atoms with E-state index in [2.05, 4.69) is 22.6 Å². The first kappa shape index (κ1) is 88.9. The molecule has 94 heavy (non-hydrogen) atoms. The van der Waals surface area contributed by atoms with Crippen molar-refractivity contribution in [2.24, 2.45) is 34.1 Å². The molecule has 0 amide bonds. The molecule has 0 aliphatic carbocycles. The van der Waals surface area contributed by atoms with Crippen molar-refractivity contribution < 1.29 is 96.7 Å². The SMILES string of the molecule is C.C.C.C.C.CC(=O)C[n+]1ccn(C(C)C)c1.CC(C)C(OS(=O)(=O)O)n1cc[n+](C)c1.CC(C)c1cc(S(=O)(=O)O)c(-n2cc[n+](C)c2)c(S(=O)(=O)O)c1.CC(C)c1ccc(-n2cc[n+](C)c2)c(S(=O)(=O)O)c1.CC(C)c1ccc(Cn2cc[n+](C)c2)c(S(=O)(=O)O)c1. The molecule has 0 fully saturated rings. The molecule has 5 heterocycles. The van der Waals surface area contributed by atoms with Crippen molar-refractivity contribution in [2.45, 2.75) is 176 Å². The molecule has 1 atom stereocenters. The summed E-state index contributed by atoms with van der Waals surface area (Å²) >= 11 is 0. The lowest BCUT2D eigenvalue weighted by atomic mass is 10.0. The number of nitrogens with zero attached hydrogens (tertiary/aromatic N) is 10. The van der Waals surface area contributed by atoms with Crippen LogP contribution in [-0.2, 0) is 101 Å². The molecule has 0 spiro atoms. The third kappa shape index (κ3) is 26.9. The molecule has 0 saturated carbocycles. The van der Waals surface area contributed by atoms with Gasteiger partial charge in [0.25, 0.3) is 40.5 Å². The third-order valence-electron chi connectivity index (χ3n) is 13.1. The molecule has 3 aromatic carbocycles. The van der Waals surface area contributed by atoms with E-state index in [1.807, 2.05) is 105 Å². The number of carbonyl (C=O) groups excluding carboxylic acids is 1. The van der Waals surface area contributed by atoms with Crippen LogP contribution >= 0.6 is 0 Å². The average molecular weight is 1420 g/mol. The summed E-state index contributed by atoms with van der Waals surface area (Å²) in [6.07, 6.45) is 25.4. The van der Waals surface area contributed by atoms with Gasteiger partial charge in [0, 0.05) is 11.5 Å². The smallest absolute Gasteiger partial charge is 0.296 e. The van der Waals surface area contributed by atoms with Crippen molar-refractivity contribution in [3.05, 3.63) is 164 Å². The minimum absolute atomic E-state index is 0. The van der Waals surface area contributed by atoms with Crippen molar-refractivity contribution >= 4 is 56.7 Å². The molecule has 0 bridgehead atoms. The Hall–Kier alpha value is -7.11. The number of aryl methyl sites for hydroxylation is 4. The van der Waals surface area contributed by atoms with Crippen LogP contribution in [0.1, 0.15) is 166 Å². The largest absolute Gasteiger partial charge is 0.401 e. The maximum Gasteiger partial charge on any atom is 0.401 e. The van der Waals surface area contributed by atoms with Crippen LogP contribution in [0.25, 0.3) is 11.4 Å². The minimum Gasteiger partial charge on any atom is -0.296 e. The Bertz CT molecular complexity index is 4260. The van der Waals surface area contributed by atoms with E-state index in [1.54, 1.807) is 133 Å². The second-order valence-corrected chi connectivity index (χ2v) is 29.2. The number of Topliss-reactive ketones (excluding diaryl/α,β-unsaturated/α-hetero) is 1. The van der Waals surface area contributed by atoms with Crippen molar-refractivity contribution in [2.75, 3.05) is 0 Å². The van der Waals surface area contributed by atoms with Crippen LogP contribution < -0.4 is 22.8 Å². The minimum atomic E-state index is -4.72. The van der Waals surface area contributed by atoms with E-state index >= 15 is 0 Å². The Kier molecular flexibility index (Phi) is 34.7. The number of imidazole rings is 5. The maximum absolute atomic E-state index is 11.7. The standard InChI is InChI=1S/C14H18N2O3S.C13H16N2O6S2.C13H16N2O3S.C9H15N2O.C8H14N2O4S.5CH4/c1-11(2)12-4-5-13(14(8-12)20(17,18)19)9-16-7-6-15(3)10-16;1-9(2)10-6-11(22(16,17)18)13(12(7-10)23(19,20)21)15-5-4-14(3)8-15;1-10(2)11-4-5-12(13(8-11)19(16,17)18)15-7-6-14(3)9-15;1-8(2)11-5-4-10(7-11)6-9(3)12;1-7(2)8(14-15(11,12)13)10-5-4-9(3)6-10;;;;;/h4-8,10-11H,9H2,1-3H3;4-9H,1-3H3,(H-,16,17,18,19,20,21);4-10H,1-3H3;4-5,7-8H,6H2,1-3H3;4-8H,1-3H3;5*1H4/q;;;+1;;;;;;/p+4. The van der Waals surface area contributed by atoms with Gasteiger partial charge in [-0.2, -0.15) is 46.7 Å². The Balaban J connectivity index is 0. The van der Waals surface area contributed by atoms with Gasteiger partial charge >= 0.3 is 10.4 Å². The van der Waals surface area contributed by atoms with Gasteiger partial charge in [0.05, 0.1) is 34.2 Å². The predicted molar refractivity (Wildman–Crippen MR) is 358 cm³/mol. The molecule has 32 heteroatoms. The predicted octanol–water partition coefficient (Wildman–Crippen LogP) is 8.73. The van der Waals surface area contributed by atoms with E-state index in [9.17, 15) is 65.1 Å². The normalized spacial score (nSPS) is 11.8. The Labute approximate surface area is 558 Å². The summed E-state index contributed by atoms with van der Waals surface area (Å²) in [6, 6.07) is 13.2. The average Bonchev–Trinajstić information content (AvgIpc) is 1.08. The van der Waals surface area contributed by atoms with Crippen molar-refractivity contribution in [1.82, 2.24) is 22.8 Å². The second kappa shape index (κ2) is 36.7. The number of benzene rings is 3. The first-order valence-electron chi connectivity index (χ1n) is 27.5. The van der Waals surface area contributed by atoms with Gasteiger partial charge in [-0.1, -0.05) is 111 Å². The third-order valence-corrected chi connectivity index (χ3v) is 17.1. The fraction of sp³-hybridized carbons (Fsp3) is 0.452. The summed E-state index contributed by atoms with van der Waals surface area (Å²) in [7, 11) is -15.2. The van der Waals surface area contributed by atoms with Gasteiger partial charge in [0.1, 0.15) is 94.6 Å². The highest BCUT2D eigenvalue weighted by atomic mass is 32.3. The van der Waals surface area contributed by atoms with Crippen LogP contribution in [0.4, 0.5) is 0 Å². The summed E-state index contributed by atoms with van der Waals surface area (Å²) in [5.41, 5.74) is 2.79. The number of ketones is 1. The quantitative estimate of drug-likeness (QED) is 0.0396. The Morgan fingerprint density at radius 1 is 0.468 bits per heavy atom. The molecule has 0 aliphatic rings. The lowest BCUT2D eigenvalue weighted by molar-refractivity contribution is -0.683. The van der Waals surface area contributed by atoms with E-state index in [0.29, 0.717) is 35.9 Å². The van der Waals surface area contributed by atoms with Gasteiger partial charge in [-0.3, -0.25) is 27.6 Å². The number of aromatic nitrogens is 10. The summed E-state index contributed by atoms with van der Waals surface area (Å²) in [4.78, 5) is 9.49. The molecule has 1 unspecified atom stereocenters. The molecular weight excluding hydrogens is 1320 g/mol. The van der Waals surface area contributed by atoms with Gasteiger partial charge in [-0.05, 0) is 85.5 Å². The zero-order chi connectivity index (χ0) is 67.5. The van der Waals surface area contributed by atoms with Crippen LogP contribution in [0.15, 0.2) is 162 Å². The summed E-state index contributed by atoms with van der Waals surface area (Å²) in [6.45, 7) is 21.6. The van der Waals surface area contributed by atoms with Crippen LogP contribution in [0.5, 0.6) is 0 Å². The number of hydrogen-bond acceptors (Lipinski definition) is 12. The summed E-state index contributed by atoms with van der Waals surface area (Å²) < 4.78 is 183. The van der Waals surface area contributed by atoms with Crippen LogP contribution in [0.2, 0.25) is 0 Å². The Morgan fingerprint density at radius 2 is 0.872 bits per heavy atom. The molecule has 27 nitrogen and oxygen atoms in total. The lowest BCUT2D eigenvalue weighted by Gasteiger charge is -2.15. The molecule has 0 aliphatic heterocycles. The zero-order valence-corrected chi connectivity index (χ0v) is 56.4. The topological polar surface area (TPSA) is 342 Å². The van der Waals surface area contributed by atoms with Gasteiger partial charge < -0.3 is 0 Å². The highest BCUT2D eigenvalue weighted by Gasteiger charge is 2.32. The van der Waals surface area contributed by atoms with Crippen LogP contribution in [0.3, 0.4) is 0 Å². The molecule has 8 aromatic rings. The van der Waals surface area contributed by atoms with E-state index in [-0.39, 0.29) is 82.1 Å². The van der Waals surface area contributed by atoms with Crippen molar-refractivity contribution in [1.29, 1.82) is 0 Å². The molecule has 528 valence electrons. The number of rotatable bonds is 18. The molecule has 8 rings (SSSR count).